The fourth-order valence-electron chi connectivity index (χ4n) is 2.07. The molecule has 0 heterocycles. The molecule has 0 aliphatic rings. The van der Waals surface area contributed by atoms with Crippen molar-refractivity contribution in [3.8, 4) is 5.75 Å². The zero-order valence-corrected chi connectivity index (χ0v) is 17.2. The van der Waals surface area contributed by atoms with Crippen molar-refractivity contribution in [2.24, 2.45) is 0 Å². The number of rotatable bonds is 7. The molecule has 0 fully saturated rings. The van der Waals surface area contributed by atoms with Gasteiger partial charge in [-0.05, 0) is 31.2 Å². The second kappa shape index (κ2) is 9.88. The van der Waals surface area contributed by atoms with Gasteiger partial charge in [-0.15, -0.1) is 0 Å². The molecular formula is C17H16Cl2FN3O5S. The molecule has 8 nitrogen and oxygen atoms in total. The van der Waals surface area contributed by atoms with E-state index in [9.17, 15) is 22.4 Å². The van der Waals surface area contributed by atoms with Crippen LogP contribution >= 0.6 is 23.2 Å². The summed E-state index contributed by atoms with van der Waals surface area (Å²) in [5.41, 5.74) is 4.06. The summed E-state index contributed by atoms with van der Waals surface area (Å²) < 4.78 is 45.3. The fourth-order valence-corrected chi connectivity index (χ4v) is 4.41. The van der Waals surface area contributed by atoms with E-state index in [1.807, 2.05) is 10.9 Å². The molecule has 3 N–H and O–H groups in total. The van der Waals surface area contributed by atoms with Crippen LogP contribution in [-0.2, 0) is 19.6 Å². The normalized spacial score (nSPS) is 12.1. The number of amides is 2. The number of para-hydroxylation sites is 1. The van der Waals surface area contributed by atoms with E-state index < -0.39 is 40.3 Å². The molecule has 2 aromatic rings. The standard InChI is InChI=1S/C17H16Cl2FN3O5S/c1-10(23-29(26,27)16-11(18)5-4-6-12(16)19)17(25)22-21-15(24)9-28-14-8-3-2-7-13(14)20/h2-8,10,23H,9H2,1H3,(H,21,24)(H,22,25)/t10-/m0/s1. The van der Waals surface area contributed by atoms with Crippen molar-refractivity contribution in [2.45, 2.75) is 17.9 Å². The molecule has 2 amide bonds. The minimum atomic E-state index is -4.21. The molecule has 0 aliphatic heterocycles. The van der Waals surface area contributed by atoms with Crippen molar-refractivity contribution in [3.05, 3.63) is 58.3 Å². The predicted molar refractivity (Wildman–Crippen MR) is 104 cm³/mol. The number of hydrogen-bond acceptors (Lipinski definition) is 5. The van der Waals surface area contributed by atoms with Crippen LogP contribution in [-0.4, -0.2) is 32.9 Å². The lowest BCUT2D eigenvalue weighted by molar-refractivity contribution is -0.130. The Morgan fingerprint density at radius 3 is 2.31 bits per heavy atom. The van der Waals surface area contributed by atoms with Crippen molar-refractivity contribution in [1.29, 1.82) is 0 Å². The highest BCUT2D eigenvalue weighted by Crippen LogP contribution is 2.28. The van der Waals surface area contributed by atoms with Gasteiger partial charge in [-0.3, -0.25) is 20.4 Å². The van der Waals surface area contributed by atoms with E-state index in [-0.39, 0.29) is 20.7 Å². The van der Waals surface area contributed by atoms with E-state index in [0.717, 1.165) is 6.07 Å². The summed E-state index contributed by atoms with van der Waals surface area (Å²) in [6, 6.07) is 8.34. The lowest BCUT2D eigenvalue weighted by Crippen LogP contribution is -2.51. The molecule has 0 unspecified atom stereocenters. The molecule has 2 rings (SSSR count). The lowest BCUT2D eigenvalue weighted by Gasteiger charge is -2.16. The Labute approximate surface area is 176 Å². The van der Waals surface area contributed by atoms with Crippen molar-refractivity contribution in [1.82, 2.24) is 15.6 Å². The summed E-state index contributed by atoms with van der Waals surface area (Å²) in [6.45, 7) is 0.677. The first-order valence-corrected chi connectivity index (χ1v) is 10.3. The van der Waals surface area contributed by atoms with Gasteiger partial charge in [0.05, 0.1) is 16.1 Å². The van der Waals surface area contributed by atoms with Gasteiger partial charge < -0.3 is 4.74 Å². The maximum atomic E-state index is 13.4. The van der Waals surface area contributed by atoms with Gasteiger partial charge in [0, 0.05) is 0 Å². The van der Waals surface area contributed by atoms with Gasteiger partial charge in [-0.2, -0.15) is 4.72 Å². The van der Waals surface area contributed by atoms with Gasteiger partial charge >= 0.3 is 0 Å². The maximum absolute atomic E-state index is 13.4. The Morgan fingerprint density at radius 2 is 1.69 bits per heavy atom. The molecule has 0 aromatic heterocycles. The molecule has 0 bridgehead atoms. The van der Waals surface area contributed by atoms with E-state index in [1.54, 1.807) is 0 Å². The summed E-state index contributed by atoms with van der Waals surface area (Å²) >= 11 is 11.7. The Bertz CT molecular complexity index is 1000. The Balaban J connectivity index is 1.89. The van der Waals surface area contributed by atoms with Crippen LogP contribution in [0, 0.1) is 5.82 Å². The van der Waals surface area contributed by atoms with Crippen molar-refractivity contribution in [3.63, 3.8) is 0 Å². The first-order valence-electron chi connectivity index (χ1n) is 8.04. The first-order chi connectivity index (χ1) is 13.6. The number of halogens is 3. The quantitative estimate of drug-likeness (QED) is 0.543. The van der Waals surface area contributed by atoms with E-state index in [0.29, 0.717) is 0 Å². The third-order valence-electron chi connectivity index (χ3n) is 3.43. The predicted octanol–water partition coefficient (Wildman–Crippen LogP) is 2.03. The van der Waals surface area contributed by atoms with Crippen molar-refractivity contribution < 1.29 is 27.1 Å². The van der Waals surface area contributed by atoms with Gasteiger partial charge in [-0.25, -0.2) is 12.8 Å². The Kier molecular flexibility index (Phi) is 7.80. The average molecular weight is 464 g/mol. The first kappa shape index (κ1) is 22.9. The molecule has 0 saturated carbocycles. The summed E-state index contributed by atoms with van der Waals surface area (Å²) in [5, 5.41) is -0.229. The second-order valence-corrected chi connectivity index (χ2v) is 8.12. The van der Waals surface area contributed by atoms with Crippen LogP contribution in [0.3, 0.4) is 0 Å². The largest absolute Gasteiger partial charge is 0.481 e. The van der Waals surface area contributed by atoms with Gasteiger partial charge in [0.25, 0.3) is 11.8 Å². The molecular weight excluding hydrogens is 448 g/mol. The minimum Gasteiger partial charge on any atom is -0.481 e. The molecule has 0 aliphatic carbocycles. The summed E-state index contributed by atoms with van der Waals surface area (Å²) in [5.74, 6) is -2.43. The zero-order chi connectivity index (χ0) is 21.6. The van der Waals surface area contributed by atoms with Crippen molar-refractivity contribution >= 4 is 45.0 Å². The van der Waals surface area contributed by atoms with Crippen molar-refractivity contribution in [2.75, 3.05) is 6.61 Å². The summed E-state index contributed by atoms with van der Waals surface area (Å²) in [7, 11) is -4.21. The van der Waals surface area contributed by atoms with E-state index in [2.05, 4.69) is 4.72 Å². The molecule has 0 saturated heterocycles. The van der Waals surface area contributed by atoms with E-state index in [4.69, 9.17) is 27.9 Å². The summed E-state index contributed by atoms with van der Waals surface area (Å²) in [6.07, 6.45) is 0. The topological polar surface area (TPSA) is 114 Å². The van der Waals surface area contributed by atoms with Gasteiger partial charge in [0.2, 0.25) is 10.0 Å². The number of sulfonamides is 1. The molecule has 29 heavy (non-hydrogen) atoms. The van der Waals surface area contributed by atoms with E-state index >= 15 is 0 Å². The number of hydrazine groups is 1. The van der Waals surface area contributed by atoms with Crippen LogP contribution in [0.2, 0.25) is 10.0 Å². The molecule has 0 radical (unpaired) electrons. The Hall–Kier alpha value is -2.40. The SMILES string of the molecule is C[C@H](NS(=O)(=O)c1c(Cl)cccc1Cl)C(=O)NNC(=O)COc1ccccc1F. The zero-order valence-electron chi connectivity index (χ0n) is 14.9. The van der Waals surface area contributed by atoms with Gasteiger partial charge in [0.1, 0.15) is 4.90 Å². The number of carbonyl (C=O) groups excluding carboxylic acids is 2. The van der Waals surface area contributed by atoms with Crippen LogP contribution in [0.15, 0.2) is 47.4 Å². The van der Waals surface area contributed by atoms with Crippen LogP contribution in [0.4, 0.5) is 4.39 Å². The molecule has 2 aromatic carbocycles. The molecule has 156 valence electrons. The third kappa shape index (κ3) is 6.29. The second-order valence-electron chi connectivity index (χ2n) is 5.65. The van der Waals surface area contributed by atoms with Crippen LogP contribution in [0.25, 0.3) is 0 Å². The highest BCUT2D eigenvalue weighted by Gasteiger charge is 2.26. The number of hydrogen-bond donors (Lipinski definition) is 3. The van der Waals surface area contributed by atoms with E-state index in [1.165, 1.54) is 43.3 Å². The van der Waals surface area contributed by atoms with Gasteiger partial charge in [0.15, 0.2) is 18.2 Å². The summed E-state index contributed by atoms with van der Waals surface area (Å²) in [4.78, 5) is 23.4. The Morgan fingerprint density at radius 1 is 1.07 bits per heavy atom. The number of ether oxygens (including phenoxy) is 1. The third-order valence-corrected chi connectivity index (χ3v) is 5.93. The minimum absolute atomic E-state index is 0.115. The van der Waals surface area contributed by atoms with Crippen LogP contribution in [0.1, 0.15) is 6.92 Å². The number of benzene rings is 2. The highest BCUT2D eigenvalue weighted by molar-refractivity contribution is 7.89. The fraction of sp³-hybridized carbons (Fsp3) is 0.176. The number of nitrogens with one attached hydrogen (secondary N) is 3. The lowest BCUT2D eigenvalue weighted by atomic mass is 10.3. The van der Waals surface area contributed by atoms with Gasteiger partial charge in [-0.1, -0.05) is 41.4 Å². The highest BCUT2D eigenvalue weighted by atomic mass is 35.5. The molecule has 1 atom stereocenters. The van der Waals surface area contributed by atoms with Crippen LogP contribution < -0.4 is 20.3 Å². The molecule has 12 heteroatoms. The van der Waals surface area contributed by atoms with Crippen LogP contribution in [0.5, 0.6) is 5.75 Å². The number of carbonyl (C=O) groups is 2. The molecule has 0 spiro atoms. The average Bonchev–Trinajstić information content (AvgIpc) is 2.64. The maximum Gasteiger partial charge on any atom is 0.276 e. The smallest absolute Gasteiger partial charge is 0.276 e. The monoisotopic (exact) mass is 463 g/mol.